The highest BCUT2D eigenvalue weighted by atomic mass is 19.1. The number of halogens is 1. The van der Waals surface area contributed by atoms with E-state index < -0.39 is 0 Å². The van der Waals surface area contributed by atoms with Crippen molar-refractivity contribution in [3.8, 4) is 11.6 Å². The zero-order chi connectivity index (χ0) is 14.5. The van der Waals surface area contributed by atoms with E-state index in [1.807, 2.05) is 0 Å². The minimum absolute atomic E-state index is 0.174. The fraction of sp³-hybridized carbons (Fsp3) is 0.333. The summed E-state index contributed by atoms with van der Waals surface area (Å²) < 4.78 is 19.5. The molecule has 0 saturated carbocycles. The summed E-state index contributed by atoms with van der Waals surface area (Å²) in [5.41, 5.74) is 0.541. The average molecular weight is 275 g/mol. The lowest BCUT2D eigenvalue weighted by Gasteiger charge is -2.10. The lowest BCUT2D eigenvalue weighted by atomic mass is 10.2. The minimum Gasteiger partial charge on any atom is -0.436 e. The van der Waals surface area contributed by atoms with Crippen molar-refractivity contribution in [2.45, 2.75) is 26.7 Å². The van der Waals surface area contributed by atoms with Crippen LogP contribution in [0.2, 0.25) is 0 Å². The third-order valence-corrected chi connectivity index (χ3v) is 2.85. The monoisotopic (exact) mass is 275 g/mol. The Kier molecular flexibility index (Phi) is 4.50. The maximum absolute atomic E-state index is 13.9. The summed E-state index contributed by atoms with van der Waals surface area (Å²) in [6, 6.07) is 6.69. The number of anilines is 1. The molecule has 106 valence electrons. The highest BCUT2D eigenvalue weighted by Crippen LogP contribution is 2.26. The molecule has 0 atom stereocenters. The molecule has 0 aliphatic heterocycles. The van der Waals surface area contributed by atoms with Crippen LogP contribution in [0, 0.1) is 12.7 Å². The van der Waals surface area contributed by atoms with Crippen molar-refractivity contribution in [2.24, 2.45) is 0 Å². The van der Waals surface area contributed by atoms with Crippen LogP contribution in [-0.2, 0) is 6.42 Å². The quantitative estimate of drug-likeness (QED) is 0.903. The summed E-state index contributed by atoms with van der Waals surface area (Å²) in [5, 5.41) is 2.95. The van der Waals surface area contributed by atoms with Crippen molar-refractivity contribution < 1.29 is 9.13 Å². The van der Waals surface area contributed by atoms with Gasteiger partial charge in [-0.3, -0.25) is 0 Å². The Bertz CT molecular complexity index is 602. The Labute approximate surface area is 118 Å². The number of aryl methyl sites for hydroxylation is 2. The molecule has 1 aromatic carbocycles. The summed E-state index contributed by atoms with van der Waals surface area (Å²) in [5.74, 6) is 1.49. The predicted octanol–water partition coefficient (Wildman–Crippen LogP) is 3.71. The Morgan fingerprint density at radius 3 is 2.80 bits per heavy atom. The first-order valence-electron chi connectivity index (χ1n) is 6.62. The van der Waals surface area contributed by atoms with E-state index in [4.69, 9.17) is 4.74 Å². The molecule has 4 nitrogen and oxygen atoms in total. The third kappa shape index (κ3) is 3.23. The van der Waals surface area contributed by atoms with Gasteiger partial charge in [-0.25, -0.2) is 9.37 Å². The highest BCUT2D eigenvalue weighted by molar-refractivity contribution is 5.40. The van der Waals surface area contributed by atoms with E-state index in [1.165, 1.54) is 0 Å². The fourth-order valence-electron chi connectivity index (χ4n) is 1.80. The summed E-state index contributed by atoms with van der Waals surface area (Å²) in [6.45, 7) is 3.75. The van der Waals surface area contributed by atoms with Crippen LogP contribution in [0.25, 0.3) is 0 Å². The van der Waals surface area contributed by atoms with E-state index in [-0.39, 0.29) is 11.6 Å². The number of nitrogens with one attached hydrogen (secondary N) is 1. The standard InChI is InChI=1S/C15H18FN3O/c1-4-6-12-18-13(17-3)9-14(19-12)20-11-8-5-7-10(2)15(11)16/h5,7-9H,4,6H2,1-3H3,(H,17,18,19). The minimum atomic E-state index is -0.367. The van der Waals surface area contributed by atoms with Gasteiger partial charge in [0.15, 0.2) is 11.6 Å². The zero-order valence-electron chi connectivity index (χ0n) is 11.9. The van der Waals surface area contributed by atoms with Gasteiger partial charge in [-0.05, 0) is 25.0 Å². The topological polar surface area (TPSA) is 47.0 Å². The van der Waals surface area contributed by atoms with Crippen LogP contribution >= 0.6 is 0 Å². The van der Waals surface area contributed by atoms with Crippen LogP contribution in [0.3, 0.4) is 0 Å². The van der Waals surface area contributed by atoms with Crippen LogP contribution in [0.1, 0.15) is 24.7 Å². The van der Waals surface area contributed by atoms with E-state index in [2.05, 4.69) is 22.2 Å². The van der Waals surface area contributed by atoms with Gasteiger partial charge < -0.3 is 10.1 Å². The van der Waals surface area contributed by atoms with Gasteiger partial charge in [0.25, 0.3) is 0 Å². The predicted molar refractivity (Wildman–Crippen MR) is 76.8 cm³/mol. The number of benzene rings is 1. The van der Waals surface area contributed by atoms with Crippen molar-refractivity contribution in [1.29, 1.82) is 0 Å². The molecule has 0 aliphatic carbocycles. The van der Waals surface area contributed by atoms with Gasteiger partial charge in [0, 0.05) is 19.5 Å². The van der Waals surface area contributed by atoms with Crippen LogP contribution < -0.4 is 10.1 Å². The van der Waals surface area contributed by atoms with E-state index in [0.29, 0.717) is 23.1 Å². The average Bonchev–Trinajstić information content (AvgIpc) is 2.44. The first kappa shape index (κ1) is 14.2. The Morgan fingerprint density at radius 1 is 1.30 bits per heavy atom. The van der Waals surface area contributed by atoms with Gasteiger partial charge in [-0.1, -0.05) is 19.1 Å². The van der Waals surface area contributed by atoms with Crippen LogP contribution in [0.5, 0.6) is 11.6 Å². The van der Waals surface area contributed by atoms with E-state index >= 15 is 0 Å². The Hall–Kier alpha value is -2.17. The lowest BCUT2D eigenvalue weighted by molar-refractivity contribution is 0.423. The number of rotatable bonds is 5. The molecule has 20 heavy (non-hydrogen) atoms. The smallest absolute Gasteiger partial charge is 0.224 e. The lowest BCUT2D eigenvalue weighted by Crippen LogP contribution is -2.02. The summed E-state index contributed by atoms with van der Waals surface area (Å²) in [6.07, 6.45) is 1.69. The largest absolute Gasteiger partial charge is 0.436 e. The second-order valence-electron chi connectivity index (χ2n) is 4.50. The fourth-order valence-corrected chi connectivity index (χ4v) is 1.80. The van der Waals surface area contributed by atoms with E-state index in [1.54, 1.807) is 38.2 Å². The van der Waals surface area contributed by atoms with Gasteiger partial charge in [0.05, 0.1) is 0 Å². The van der Waals surface area contributed by atoms with Crippen molar-refractivity contribution in [3.63, 3.8) is 0 Å². The van der Waals surface area contributed by atoms with Gasteiger partial charge in [-0.15, -0.1) is 0 Å². The number of hydrogen-bond acceptors (Lipinski definition) is 4. The molecule has 0 fully saturated rings. The molecule has 0 amide bonds. The van der Waals surface area contributed by atoms with E-state index in [9.17, 15) is 4.39 Å². The molecule has 0 spiro atoms. The molecule has 0 unspecified atom stereocenters. The molecule has 0 bridgehead atoms. The molecule has 0 saturated heterocycles. The van der Waals surface area contributed by atoms with Gasteiger partial charge in [0.1, 0.15) is 11.6 Å². The van der Waals surface area contributed by atoms with Crippen LogP contribution in [0.4, 0.5) is 10.2 Å². The van der Waals surface area contributed by atoms with Crippen molar-refractivity contribution >= 4 is 5.82 Å². The summed E-state index contributed by atoms with van der Waals surface area (Å²) >= 11 is 0. The normalized spacial score (nSPS) is 10.4. The van der Waals surface area contributed by atoms with Gasteiger partial charge in [0.2, 0.25) is 5.88 Å². The number of ether oxygens (including phenoxy) is 1. The number of hydrogen-bond donors (Lipinski definition) is 1. The molecule has 0 radical (unpaired) electrons. The second-order valence-corrected chi connectivity index (χ2v) is 4.50. The van der Waals surface area contributed by atoms with Crippen molar-refractivity contribution in [3.05, 3.63) is 41.5 Å². The molecule has 0 aliphatic rings. The summed E-state index contributed by atoms with van der Waals surface area (Å²) in [4.78, 5) is 8.62. The van der Waals surface area contributed by atoms with E-state index in [0.717, 1.165) is 12.8 Å². The van der Waals surface area contributed by atoms with Gasteiger partial charge >= 0.3 is 0 Å². The Morgan fingerprint density at radius 2 is 2.10 bits per heavy atom. The molecule has 2 aromatic rings. The third-order valence-electron chi connectivity index (χ3n) is 2.85. The Balaban J connectivity index is 2.32. The maximum atomic E-state index is 13.9. The molecular formula is C15H18FN3O. The summed E-state index contributed by atoms with van der Waals surface area (Å²) in [7, 11) is 1.77. The first-order chi connectivity index (χ1) is 9.63. The molecule has 1 aromatic heterocycles. The SMILES string of the molecule is CCCc1nc(NC)cc(Oc2cccc(C)c2F)n1. The van der Waals surface area contributed by atoms with Crippen LogP contribution in [-0.4, -0.2) is 17.0 Å². The highest BCUT2D eigenvalue weighted by Gasteiger charge is 2.10. The second kappa shape index (κ2) is 6.32. The molecule has 1 N–H and O–H groups in total. The molecular weight excluding hydrogens is 257 g/mol. The molecule has 5 heteroatoms. The van der Waals surface area contributed by atoms with Crippen molar-refractivity contribution in [1.82, 2.24) is 9.97 Å². The van der Waals surface area contributed by atoms with Gasteiger partial charge in [-0.2, -0.15) is 4.98 Å². The molecule has 1 heterocycles. The first-order valence-corrected chi connectivity index (χ1v) is 6.62. The van der Waals surface area contributed by atoms with Crippen LogP contribution in [0.15, 0.2) is 24.3 Å². The maximum Gasteiger partial charge on any atom is 0.224 e. The zero-order valence-corrected chi connectivity index (χ0v) is 11.9. The number of nitrogens with zero attached hydrogens (tertiary/aromatic N) is 2. The molecule has 2 rings (SSSR count). The van der Waals surface area contributed by atoms with Crippen molar-refractivity contribution in [2.75, 3.05) is 12.4 Å². The number of aromatic nitrogens is 2.